The van der Waals surface area contributed by atoms with Crippen LogP contribution < -0.4 is 16.6 Å². The predicted molar refractivity (Wildman–Crippen MR) is 110 cm³/mol. The van der Waals surface area contributed by atoms with Gasteiger partial charge in [-0.3, -0.25) is 23.1 Å². The predicted octanol–water partition coefficient (Wildman–Crippen LogP) is 1.59. The Labute approximate surface area is 168 Å². The van der Waals surface area contributed by atoms with Crippen LogP contribution in [-0.4, -0.2) is 29.4 Å². The maximum atomic E-state index is 12.3. The fourth-order valence-electron chi connectivity index (χ4n) is 3.01. The summed E-state index contributed by atoms with van der Waals surface area (Å²) >= 11 is 6.15. The molecule has 10 heteroatoms. The minimum absolute atomic E-state index is 0.223. The van der Waals surface area contributed by atoms with Crippen molar-refractivity contribution < 1.29 is 4.79 Å². The Bertz CT molecular complexity index is 1430. The number of imidazole rings is 1. The summed E-state index contributed by atoms with van der Waals surface area (Å²) in [6, 6.07) is 6.96. The second-order valence-corrected chi connectivity index (χ2v) is 6.70. The number of anilines is 1. The lowest BCUT2D eigenvalue weighted by Gasteiger charge is -2.08. The number of hydrogen-bond donors (Lipinski definition) is 1. The van der Waals surface area contributed by atoms with E-state index >= 15 is 0 Å². The first-order chi connectivity index (χ1) is 13.9. The third-order valence-corrected chi connectivity index (χ3v) is 4.75. The van der Waals surface area contributed by atoms with Crippen LogP contribution in [-0.2, 0) is 18.9 Å². The first kappa shape index (κ1) is 18.6. The van der Waals surface area contributed by atoms with Gasteiger partial charge >= 0.3 is 5.69 Å². The highest BCUT2D eigenvalue weighted by Crippen LogP contribution is 2.19. The van der Waals surface area contributed by atoms with Crippen LogP contribution in [0.2, 0.25) is 5.15 Å². The van der Waals surface area contributed by atoms with E-state index in [1.807, 2.05) is 12.1 Å². The molecular formula is C19H15ClN6O3. The zero-order valence-electron chi connectivity index (χ0n) is 15.5. The quantitative estimate of drug-likeness (QED) is 0.516. The van der Waals surface area contributed by atoms with Crippen LogP contribution in [0.25, 0.3) is 22.8 Å². The Morgan fingerprint density at radius 1 is 1.21 bits per heavy atom. The lowest BCUT2D eigenvalue weighted by molar-refractivity contribution is -0.111. The van der Waals surface area contributed by atoms with Crippen molar-refractivity contribution in [1.29, 1.82) is 0 Å². The Morgan fingerprint density at radius 3 is 2.79 bits per heavy atom. The van der Waals surface area contributed by atoms with E-state index in [2.05, 4.69) is 15.3 Å². The third kappa shape index (κ3) is 3.21. The highest BCUT2D eigenvalue weighted by molar-refractivity contribution is 6.31. The number of halogens is 1. The number of aryl methyl sites for hydroxylation is 1. The molecule has 0 bridgehead atoms. The van der Waals surface area contributed by atoms with Gasteiger partial charge in [-0.05, 0) is 24.3 Å². The minimum atomic E-state index is -0.486. The van der Waals surface area contributed by atoms with Crippen molar-refractivity contribution in [3.05, 3.63) is 74.4 Å². The molecule has 4 aromatic rings. The Hall–Kier alpha value is -3.72. The Morgan fingerprint density at radius 2 is 2.00 bits per heavy atom. The fourth-order valence-corrected chi connectivity index (χ4v) is 3.25. The van der Waals surface area contributed by atoms with Crippen LogP contribution in [0.3, 0.4) is 0 Å². The topological polar surface area (TPSA) is 103 Å². The van der Waals surface area contributed by atoms with Gasteiger partial charge in [-0.15, -0.1) is 0 Å². The molecule has 4 rings (SSSR count). The van der Waals surface area contributed by atoms with Gasteiger partial charge in [0.15, 0.2) is 5.15 Å². The largest absolute Gasteiger partial charge is 0.332 e. The summed E-state index contributed by atoms with van der Waals surface area (Å²) in [5.74, 6) is -0.435. The van der Waals surface area contributed by atoms with E-state index in [1.54, 1.807) is 22.7 Å². The molecule has 29 heavy (non-hydrogen) atoms. The van der Waals surface area contributed by atoms with E-state index in [9.17, 15) is 14.4 Å². The number of aromatic nitrogens is 5. The van der Waals surface area contributed by atoms with E-state index in [-0.39, 0.29) is 16.2 Å². The van der Waals surface area contributed by atoms with E-state index in [0.717, 1.165) is 4.57 Å². The van der Waals surface area contributed by atoms with Crippen molar-refractivity contribution >= 4 is 46.0 Å². The first-order valence-electron chi connectivity index (χ1n) is 8.54. The number of carbonyl (C=O) groups excluding carboxylic acids is 1. The standard InChI is InChI=1S/C19H15ClN6O3/c1-24-17-12(18(28)25(2)19(24)29)9-11(10-21-17)22-15(27)7-6-13-16(20)23-14-5-3-4-8-26(13)14/h3-10H,1-2H3,(H,22,27)/b7-6+. The van der Waals surface area contributed by atoms with Gasteiger partial charge in [-0.1, -0.05) is 17.7 Å². The number of amides is 1. The number of pyridine rings is 2. The van der Waals surface area contributed by atoms with Crippen molar-refractivity contribution in [3.63, 3.8) is 0 Å². The molecule has 1 N–H and O–H groups in total. The normalized spacial score (nSPS) is 11.6. The molecule has 0 aromatic carbocycles. The smallest absolute Gasteiger partial charge is 0.321 e. The van der Waals surface area contributed by atoms with Gasteiger partial charge in [0.2, 0.25) is 5.91 Å². The van der Waals surface area contributed by atoms with Gasteiger partial charge < -0.3 is 5.32 Å². The van der Waals surface area contributed by atoms with Crippen molar-refractivity contribution in [2.24, 2.45) is 14.1 Å². The van der Waals surface area contributed by atoms with Crippen LogP contribution in [0.4, 0.5) is 5.69 Å². The van der Waals surface area contributed by atoms with Gasteiger partial charge in [0.25, 0.3) is 5.56 Å². The fraction of sp³-hybridized carbons (Fsp3) is 0.105. The average molecular weight is 411 g/mol. The zero-order valence-corrected chi connectivity index (χ0v) is 16.2. The zero-order chi connectivity index (χ0) is 20.7. The average Bonchev–Trinajstić information content (AvgIpc) is 3.04. The lowest BCUT2D eigenvalue weighted by atomic mass is 10.3. The summed E-state index contributed by atoms with van der Waals surface area (Å²) < 4.78 is 4.02. The van der Waals surface area contributed by atoms with Gasteiger partial charge in [-0.2, -0.15) is 0 Å². The van der Waals surface area contributed by atoms with Crippen molar-refractivity contribution in [2.45, 2.75) is 0 Å². The lowest BCUT2D eigenvalue weighted by Crippen LogP contribution is -2.37. The molecular weight excluding hydrogens is 396 g/mol. The highest BCUT2D eigenvalue weighted by Gasteiger charge is 2.11. The monoisotopic (exact) mass is 410 g/mol. The molecule has 9 nitrogen and oxygen atoms in total. The number of nitrogens with one attached hydrogen (secondary N) is 1. The minimum Gasteiger partial charge on any atom is -0.321 e. The SMILES string of the molecule is Cn1c(=O)c2cc(NC(=O)/C=C/c3c(Cl)nc4ccccn34)cnc2n(C)c1=O. The second kappa shape index (κ2) is 7.02. The molecule has 0 aliphatic carbocycles. The second-order valence-electron chi connectivity index (χ2n) is 6.34. The summed E-state index contributed by atoms with van der Waals surface area (Å²) in [5.41, 5.74) is 0.839. The van der Waals surface area contributed by atoms with E-state index in [1.165, 1.54) is 37.0 Å². The molecule has 146 valence electrons. The molecule has 4 heterocycles. The van der Waals surface area contributed by atoms with Crippen LogP contribution >= 0.6 is 11.6 Å². The molecule has 0 fully saturated rings. The Kier molecular flexibility index (Phi) is 4.51. The van der Waals surface area contributed by atoms with Crippen LogP contribution in [0.5, 0.6) is 0 Å². The van der Waals surface area contributed by atoms with Crippen LogP contribution in [0.15, 0.2) is 52.3 Å². The number of rotatable bonds is 3. The van der Waals surface area contributed by atoms with E-state index in [0.29, 0.717) is 17.0 Å². The van der Waals surface area contributed by atoms with Crippen LogP contribution in [0.1, 0.15) is 5.69 Å². The summed E-state index contributed by atoms with van der Waals surface area (Å²) in [6.45, 7) is 0. The summed E-state index contributed by atoms with van der Waals surface area (Å²) in [5, 5.41) is 3.15. The highest BCUT2D eigenvalue weighted by atomic mass is 35.5. The summed E-state index contributed by atoms with van der Waals surface area (Å²) in [6.07, 6.45) is 6.04. The molecule has 0 aliphatic heterocycles. The molecule has 0 atom stereocenters. The number of hydrogen-bond acceptors (Lipinski definition) is 5. The molecule has 0 radical (unpaired) electrons. The molecule has 4 aromatic heterocycles. The van der Waals surface area contributed by atoms with E-state index < -0.39 is 17.2 Å². The molecule has 0 saturated carbocycles. The summed E-state index contributed by atoms with van der Waals surface area (Å²) in [4.78, 5) is 45.0. The molecule has 0 unspecified atom stereocenters. The number of fused-ring (bicyclic) bond motifs is 2. The maximum absolute atomic E-state index is 12.3. The van der Waals surface area contributed by atoms with Gasteiger partial charge in [0.1, 0.15) is 11.3 Å². The third-order valence-electron chi connectivity index (χ3n) is 4.48. The van der Waals surface area contributed by atoms with Gasteiger partial charge in [-0.25, -0.2) is 14.8 Å². The molecule has 0 spiro atoms. The molecule has 0 saturated heterocycles. The van der Waals surface area contributed by atoms with Gasteiger partial charge in [0.05, 0.1) is 23.0 Å². The first-order valence-corrected chi connectivity index (χ1v) is 8.92. The Balaban J connectivity index is 1.64. The van der Waals surface area contributed by atoms with Crippen molar-refractivity contribution in [1.82, 2.24) is 23.5 Å². The summed E-state index contributed by atoms with van der Waals surface area (Å²) in [7, 11) is 2.91. The number of nitrogens with zero attached hydrogens (tertiary/aromatic N) is 5. The van der Waals surface area contributed by atoms with E-state index in [4.69, 9.17) is 11.6 Å². The maximum Gasteiger partial charge on any atom is 0.332 e. The van der Waals surface area contributed by atoms with Crippen molar-refractivity contribution in [3.8, 4) is 0 Å². The van der Waals surface area contributed by atoms with Crippen LogP contribution in [0, 0.1) is 0 Å². The number of carbonyl (C=O) groups is 1. The van der Waals surface area contributed by atoms with Crippen molar-refractivity contribution in [2.75, 3.05) is 5.32 Å². The molecule has 0 aliphatic rings. The molecule has 1 amide bonds. The van der Waals surface area contributed by atoms with Gasteiger partial charge in [0, 0.05) is 26.4 Å².